The highest BCUT2D eigenvalue weighted by molar-refractivity contribution is 5.92. The Morgan fingerprint density at radius 3 is 1.89 bits per heavy atom. The molecule has 3 rings (SSSR count). The van der Waals surface area contributed by atoms with Crippen molar-refractivity contribution in [2.24, 2.45) is 17.4 Å². The van der Waals surface area contributed by atoms with Crippen LogP contribution in [0, 0.1) is 18.3 Å². The number of piperazine rings is 1. The van der Waals surface area contributed by atoms with E-state index in [1.54, 1.807) is 12.1 Å². The summed E-state index contributed by atoms with van der Waals surface area (Å²) < 4.78 is 0. The SMILES string of the molecule is CC.CC.CC/C=C(\C=C/CNC(=O)CN1CCN(CC(=O)Nc2ccc(C)cc2)CC1)C(C)C(N)C(=O)NCC(=O)NCc1ccc(C=N)cc1.CCN. The van der Waals surface area contributed by atoms with E-state index in [2.05, 4.69) is 31.1 Å². The van der Waals surface area contributed by atoms with E-state index in [0.717, 1.165) is 40.9 Å². The molecule has 55 heavy (non-hydrogen) atoms. The number of carbonyl (C=O) groups excluding carboxylic acids is 4. The van der Waals surface area contributed by atoms with Crippen molar-refractivity contribution in [3.8, 4) is 0 Å². The third-order valence-electron chi connectivity index (χ3n) is 8.13. The number of allylic oxidation sites excluding steroid dienone is 2. The van der Waals surface area contributed by atoms with E-state index >= 15 is 0 Å². The van der Waals surface area contributed by atoms with Crippen LogP contribution in [0.1, 0.15) is 71.6 Å². The zero-order valence-corrected chi connectivity index (χ0v) is 34.5. The topological polar surface area (TPSA) is 199 Å². The second-order valence-electron chi connectivity index (χ2n) is 12.4. The molecule has 306 valence electrons. The van der Waals surface area contributed by atoms with Gasteiger partial charge in [-0.1, -0.05) is 109 Å². The molecule has 0 spiro atoms. The fourth-order valence-corrected chi connectivity index (χ4v) is 5.13. The summed E-state index contributed by atoms with van der Waals surface area (Å²) in [6, 6.07) is 14.1. The number of nitrogens with zero attached hydrogens (tertiary/aromatic N) is 2. The Bertz CT molecular complexity index is 1450. The van der Waals surface area contributed by atoms with E-state index in [1.165, 1.54) is 6.21 Å². The average Bonchev–Trinajstić information content (AvgIpc) is 3.20. The van der Waals surface area contributed by atoms with Gasteiger partial charge in [-0.2, -0.15) is 0 Å². The van der Waals surface area contributed by atoms with Crippen LogP contribution in [-0.2, 0) is 25.7 Å². The van der Waals surface area contributed by atoms with Crippen molar-refractivity contribution in [1.29, 1.82) is 5.41 Å². The quantitative estimate of drug-likeness (QED) is 0.0928. The molecule has 1 aliphatic rings. The fourth-order valence-electron chi connectivity index (χ4n) is 5.13. The summed E-state index contributed by atoms with van der Waals surface area (Å²) >= 11 is 0. The molecule has 1 aliphatic heterocycles. The molecular formula is C42H69N9O4. The molecule has 1 saturated heterocycles. The molecule has 1 fully saturated rings. The summed E-state index contributed by atoms with van der Waals surface area (Å²) in [5.41, 5.74) is 15.6. The predicted octanol–water partition coefficient (Wildman–Crippen LogP) is 3.97. The third kappa shape index (κ3) is 21.7. The van der Waals surface area contributed by atoms with Gasteiger partial charge >= 0.3 is 0 Å². The number of nitrogens with one attached hydrogen (secondary N) is 5. The molecule has 1 heterocycles. The van der Waals surface area contributed by atoms with Gasteiger partial charge in [0.2, 0.25) is 23.6 Å². The molecule has 0 aromatic heterocycles. The van der Waals surface area contributed by atoms with Crippen molar-refractivity contribution in [3.05, 3.63) is 89.0 Å². The van der Waals surface area contributed by atoms with Gasteiger partial charge in [0.1, 0.15) is 0 Å². The molecule has 0 bridgehead atoms. The molecule has 2 aromatic carbocycles. The Morgan fingerprint density at radius 1 is 0.818 bits per heavy atom. The van der Waals surface area contributed by atoms with Crippen LogP contribution in [0.15, 0.2) is 72.3 Å². The van der Waals surface area contributed by atoms with E-state index in [9.17, 15) is 19.2 Å². The summed E-state index contributed by atoms with van der Waals surface area (Å²) in [5, 5.41) is 18.5. The van der Waals surface area contributed by atoms with Crippen LogP contribution < -0.4 is 32.7 Å². The Balaban J connectivity index is 0.00000390. The number of carbonyl (C=O) groups is 4. The molecule has 2 unspecified atom stereocenters. The Labute approximate surface area is 330 Å². The second kappa shape index (κ2) is 30.6. The van der Waals surface area contributed by atoms with Crippen molar-refractivity contribution in [2.75, 3.05) is 64.2 Å². The van der Waals surface area contributed by atoms with E-state index < -0.39 is 11.9 Å². The van der Waals surface area contributed by atoms with E-state index in [1.807, 2.05) is 110 Å². The Morgan fingerprint density at radius 2 is 1.36 bits per heavy atom. The summed E-state index contributed by atoms with van der Waals surface area (Å²) in [7, 11) is 0. The number of aryl methyl sites for hydroxylation is 1. The number of anilines is 1. The first-order valence-electron chi connectivity index (χ1n) is 19.5. The summed E-state index contributed by atoms with van der Waals surface area (Å²) in [6.45, 7) is 20.4. The molecule has 13 heteroatoms. The number of amides is 4. The summed E-state index contributed by atoms with van der Waals surface area (Å²) in [6.07, 6.45) is 7.70. The molecule has 4 amide bonds. The largest absolute Gasteiger partial charge is 0.352 e. The zero-order valence-electron chi connectivity index (χ0n) is 34.5. The molecule has 13 nitrogen and oxygen atoms in total. The third-order valence-corrected chi connectivity index (χ3v) is 8.13. The van der Waals surface area contributed by atoms with Gasteiger partial charge in [0, 0.05) is 57.1 Å². The maximum atomic E-state index is 12.7. The van der Waals surface area contributed by atoms with Crippen LogP contribution in [0.3, 0.4) is 0 Å². The first-order chi connectivity index (χ1) is 26.5. The minimum absolute atomic E-state index is 0.0498. The minimum Gasteiger partial charge on any atom is -0.352 e. The normalized spacial score (nSPS) is 14.0. The van der Waals surface area contributed by atoms with Gasteiger partial charge in [0.05, 0.1) is 25.7 Å². The molecule has 9 N–H and O–H groups in total. The number of benzene rings is 2. The van der Waals surface area contributed by atoms with Gasteiger partial charge in [-0.25, -0.2) is 0 Å². The van der Waals surface area contributed by atoms with Crippen LogP contribution in [0.25, 0.3) is 0 Å². The maximum absolute atomic E-state index is 12.7. The smallest absolute Gasteiger partial charge is 0.239 e. The molecule has 0 aliphatic carbocycles. The second-order valence-corrected chi connectivity index (χ2v) is 12.4. The van der Waals surface area contributed by atoms with Crippen molar-refractivity contribution in [1.82, 2.24) is 25.8 Å². The van der Waals surface area contributed by atoms with Crippen molar-refractivity contribution in [3.63, 3.8) is 0 Å². The first-order valence-corrected chi connectivity index (χ1v) is 19.5. The highest BCUT2D eigenvalue weighted by Crippen LogP contribution is 2.17. The monoisotopic (exact) mass is 764 g/mol. The van der Waals surface area contributed by atoms with Gasteiger partial charge < -0.3 is 38.1 Å². The molecular weight excluding hydrogens is 695 g/mol. The minimum atomic E-state index is -0.865. The number of hydrogen-bond donors (Lipinski definition) is 7. The standard InChI is InChI=1S/C36H50N8O4.C2H7N.2C2H6/c1-4-6-30(27(3)35(38)36(48)41-23-32(45)40-22-29-12-10-28(21-37)11-13-29)7-5-16-39-33(46)24-43-17-19-44(20-18-43)25-34(47)42-31-14-8-26(2)9-15-31;1-2-3;2*1-2/h5-15,21,27,35,37H,4,16-20,22-25,38H2,1-3H3,(H,39,46)(H,40,45)(H,41,48)(H,42,47);2-3H2,1H3;2*1-2H3/b7-5-,30-6+,37-21?;;;. The average molecular weight is 764 g/mol. The Hall–Kier alpha value is -4.69. The molecule has 2 atom stereocenters. The van der Waals surface area contributed by atoms with Crippen LogP contribution in [0.4, 0.5) is 5.69 Å². The first kappa shape index (κ1) is 50.3. The summed E-state index contributed by atoms with van der Waals surface area (Å²) in [4.78, 5) is 54.2. The van der Waals surface area contributed by atoms with E-state index in [4.69, 9.17) is 16.9 Å². The van der Waals surface area contributed by atoms with Gasteiger partial charge in [0.15, 0.2) is 0 Å². The lowest BCUT2D eigenvalue weighted by Crippen LogP contribution is -2.51. The summed E-state index contributed by atoms with van der Waals surface area (Å²) in [5.74, 6) is -1.21. The highest BCUT2D eigenvalue weighted by atomic mass is 16.2. The van der Waals surface area contributed by atoms with E-state index in [0.29, 0.717) is 45.8 Å². The zero-order chi connectivity index (χ0) is 41.6. The number of hydrogen-bond acceptors (Lipinski definition) is 9. The number of rotatable bonds is 17. The van der Waals surface area contributed by atoms with Crippen LogP contribution in [0.5, 0.6) is 0 Å². The predicted molar refractivity (Wildman–Crippen MR) is 227 cm³/mol. The van der Waals surface area contributed by atoms with Crippen LogP contribution in [0.2, 0.25) is 0 Å². The highest BCUT2D eigenvalue weighted by Gasteiger charge is 2.23. The number of nitrogens with two attached hydrogens (primary N) is 2. The van der Waals surface area contributed by atoms with Crippen molar-refractivity contribution >= 4 is 35.5 Å². The maximum Gasteiger partial charge on any atom is 0.239 e. The van der Waals surface area contributed by atoms with Gasteiger partial charge in [-0.15, -0.1) is 0 Å². The molecule has 0 radical (unpaired) electrons. The van der Waals surface area contributed by atoms with Crippen molar-refractivity contribution in [2.45, 2.75) is 74.4 Å². The lowest BCUT2D eigenvalue weighted by Gasteiger charge is -2.33. The lowest BCUT2D eigenvalue weighted by atomic mass is 9.91. The van der Waals surface area contributed by atoms with E-state index in [-0.39, 0.29) is 36.7 Å². The Kier molecular flexibility index (Phi) is 28.0. The lowest BCUT2D eigenvalue weighted by molar-refractivity contribution is -0.127. The van der Waals surface area contributed by atoms with Crippen molar-refractivity contribution < 1.29 is 19.2 Å². The molecule has 2 aromatic rings. The van der Waals surface area contributed by atoms with Gasteiger partial charge in [0.25, 0.3) is 0 Å². The van der Waals surface area contributed by atoms with Crippen LogP contribution in [-0.4, -0.2) is 105 Å². The fraction of sp³-hybridized carbons (Fsp3) is 0.500. The van der Waals surface area contributed by atoms with Gasteiger partial charge in [-0.3, -0.25) is 29.0 Å². The van der Waals surface area contributed by atoms with Gasteiger partial charge in [-0.05, 0) is 48.7 Å². The molecule has 0 saturated carbocycles. The van der Waals surface area contributed by atoms with Crippen LogP contribution >= 0.6 is 0 Å².